The number of carbonyl (C=O) groups excluding carboxylic acids is 1. The smallest absolute Gasteiger partial charge is 0.256 e. The highest BCUT2D eigenvalue weighted by atomic mass is 19.1. The second kappa shape index (κ2) is 8.03. The van der Waals surface area contributed by atoms with Crippen molar-refractivity contribution in [1.82, 2.24) is 4.90 Å². The summed E-state index contributed by atoms with van der Waals surface area (Å²) >= 11 is 0. The SMILES string of the molecule is COc1ccc(C#Cc2ccc(C(=O)N3CCCC(O)C3)c(F)c2)cc1. The van der Waals surface area contributed by atoms with Gasteiger partial charge in [-0.15, -0.1) is 0 Å². The summed E-state index contributed by atoms with van der Waals surface area (Å²) in [6.45, 7) is 0.783. The molecule has 3 rings (SSSR count). The summed E-state index contributed by atoms with van der Waals surface area (Å²) in [6, 6.07) is 11.6. The summed E-state index contributed by atoms with van der Waals surface area (Å²) in [6.07, 6.45) is 0.858. The number of nitrogens with zero attached hydrogens (tertiary/aromatic N) is 1. The topological polar surface area (TPSA) is 49.8 Å². The third-order valence-corrected chi connectivity index (χ3v) is 4.32. The number of halogens is 1. The maximum absolute atomic E-state index is 14.4. The van der Waals surface area contributed by atoms with Crippen molar-refractivity contribution < 1.29 is 19.0 Å². The molecule has 0 aromatic heterocycles. The van der Waals surface area contributed by atoms with E-state index in [0.29, 0.717) is 18.5 Å². The summed E-state index contributed by atoms with van der Waals surface area (Å²) in [7, 11) is 1.59. The van der Waals surface area contributed by atoms with Crippen LogP contribution in [-0.2, 0) is 0 Å². The fourth-order valence-corrected chi connectivity index (χ4v) is 2.89. The van der Waals surface area contributed by atoms with Gasteiger partial charge in [0.05, 0.1) is 18.8 Å². The molecule has 0 aliphatic carbocycles. The van der Waals surface area contributed by atoms with E-state index in [9.17, 15) is 14.3 Å². The molecule has 5 heteroatoms. The van der Waals surface area contributed by atoms with Gasteiger partial charge in [-0.05, 0) is 55.3 Å². The fourth-order valence-electron chi connectivity index (χ4n) is 2.89. The zero-order valence-corrected chi connectivity index (χ0v) is 14.5. The third-order valence-electron chi connectivity index (χ3n) is 4.32. The molecule has 0 spiro atoms. The molecule has 134 valence electrons. The molecule has 0 radical (unpaired) electrons. The Bertz CT molecular complexity index is 852. The number of methoxy groups -OCH3 is 1. The summed E-state index contributed by atoms with van der Waals surface area (Å²) in [5, 5.41) is 9.69. The van der Waals surface area contributed by atoms with Gasteiger partial charge in [0, 0.05) is 24.2 Å². The largest absolute Gasteiger partial charge is 0.497 e. The highest BCUT2D eigenvalue weighted by molar-refractivity contribution is 5.94. The van der Waals surface area contributed by atoms with E-state index < -0.39 is 17.8 Å². The second-order valence-corrected chi connectivity index (χ2v) is 6.22. The van der Waals surface area contributed by atoms with Crippen LogP contribution in [0.25, 0.3) is 0 Å². The quantitative estimate of drug-likeness (QED) is 0.845. The third kappa shape index (κ3) is 4.22. The first-order chi connectivity index (χ1) is 12.6. The average molecular weight is 353 g/mol. The summed E-state index contributed by atoms with van der Waals surface area (Å²) < 4.78 is 19.5. The molecule has 1 atom stereocenters. The van der Waals surface area contributed by atoms with Gasteiger partial charge >= 0.3 is 0 Å². The predicted octanol–water partition coefficient (Wildman–Crippen LogP) is 2.83. The first-order valence-electron chi connectivity index (χ1n) is 8.50. The summed E-state index contributed by atoms with van der Waals surface area (Å²) in [4.78, 5) is 13.9. The van der Waals surface area contributed by atoms with Crippen molar-refractivity contribution in [1.29, 1.82) is 0 Å². The molecule has 1 fully saturated rings. The molecular formula is C21H20FNO3. The van der Waals surface area contributed by atoms with Crippen LogP contribution in [0.15, 0.2) is 42.5 Å². The number of benzene rings is 2. The number of aliphatic hydroxyl groups excluding tert-OH is 1. The van der Waals surface area contributed by atoms with Crippen LogP contribution in [0.1, 0.15) is 34.3 Å². The van der Waals surface area contributed by atoms with Gasteiger partial charge in [-0.1, -0.05) is 11.8 Å². The number of piperidine rings is 1. The molecule has 1 unspecified atom stereocenters. The van der Waals surface area contributed by atoms with Crippen LogP contribution in [0.4, 0.5) is 4.39 Å². The highest BCUT2D eigenvalue weighted by Crippen LogP contribution is 2.17. The molecule has 1 heterocycles. The maximum atomic E-state index is 14.4. The number of likely N-dealkylation sites (tertiary alicyclic amines) is 1. The van der Waals surface area contributed by atoms with Crippen LogP contribution >= 0.6 is 0 Å². The van der Waals surface area contributed by atoms with Gasteiger partial charge in [0.2, 0.25) is 0 Å². The zero-order chi connectivity index (χ0) is 18.5. The van der Waals surface area contributed by atoms with Gasteiger partial charge in [0.25, 0.3) is 5.91 Å². The Kier molecular flexibility index (Phi) is 5.55. The van der Waals surface area contributed by atoms with Crippen molar-refractivity contribution >= 4 is 5.91 Å². The minimum atomic E-state index is -0.600. The average Bonchev–Trinajstić information content (AvgIpc) is 2.66. The minimum absolute atomic E-state index is 0.00842. The summed E-state index contributed by atoms with van der Waals surface area (Å²) in [5.74, 6) is 5.60. The van der Waals surface area contributed by atoms with Gasteiger partial charge in [-0.3, -0.25) is 4.79 Å². The van der Waals surface area contributed by atoms with Crippen LogP contribution in [0.5, 0.6) is 5.75 Å². The first kappa shape index (κ1) is 18.0. The maximum Gasteiger partial charge on any atom is 0.256 e. The van der Waals surface area contributed by atoms with Gasteiger partial charge in [0.15, 0.2) is 0 Å². The summed E-state index contributed by atoms with van der Waals surface area (Å²) in [5.41, 5.74) is 1.29. The molecule has 1 aliphatic heterocycles. The number of carbonyl (C=O) groups is 1. The molecule has 1 amide bonds. The van der Waals surface area contributed by atoms with E-state index in [0.717, 1.165) is 17.7 Å². The Morgan fingerprint density at radius 3 is 2.54 bits per heavy atom. The molecule has 1 aliphatic rings. The molecule has 1 N–H and O–H groups in total. The molecule has 4 nitrogen and oxygen atoms in total. The first-order valence-corrected chi connectivity index (χ1v) is 8.50. The lowest BCUT2D eigenvalue weighted by atomic mass is 10.1. The number of hydrogen-bond acceptors (Lipinski definition) is 3. The van der Waals surface area contributed by atoms with E-state index in [-0.39, 0.29) is 12.1 Å². The number of rotatable bonds is 2. The van der Waals surface area contributed by atoms with Gasteiger partial charge in [0.1, 0.15) is 11.6 Å². The Labute approximate surface area is 152 Å². The number of ether oxygens (including phenoxy) is 1. The molecule has 0 bridgehead atoms. The van der Waals surface area contributed by atoms with Crippen molar-refractivity contribution in [2.24, 2.45) is 0 Å². The van der Waals surface area contributed by atoms with E-state index in [2.05, 4.69) is 11.8 Å². The van der Waals surface area contributed by atoms with Crippen LogP contribution in [0.3, 0.4) is 0 Å². The van der Waals surface area contributed by atoms with Crippen LogP contribution < -0.4 is 4.74 Å². The normalized spacial score (nSPS) is 16.6. The Morgan fingerprint density at radius 1 is 1.19 bits per heavy atom. The van der Waals surface area contributed by atoms with Gasteiger partial charge in [-0.2, -0.15) is 0 Å². The zero-order valence-electron chi connectivity index (χ0n) is 14.5. The number of aliphatic hydroxyl groups is 1. The lowest BCUT2D eigenvalue weighted by molar-refractivity contribution is 0.0470. The Balaban J connectivity index is 1.75. The molecule has 2 aromatic carbocycles. The van der Waals surface area contributed by atoms with Crippen molar-refractivity contribution in [3.05, 3.63) is 65.0 Å². The molecular weight excluding hydrogens is 333 g/mol. The second-order valence-electron chi connectivity index (χ2n) is 6.22. The van der Waals surface area contributed by atoms with E-state index >= 15 is 0 Å². The van der Waals surface area contributed by atoms with Crippen LogP contribution in [-0.4, -0.2) is 42.2 Å². The van der Waals surface area contributed by atoms with Crippen LogP contribution in [0.2, 0.25) is 0 Å². The van der Waals surface area contributed by atoms with Crippen molar-refractivity contribution in [3.63, 3.8) is 0 Å². The fraction of sp³-hybridized carbons (Fsp3) is 0.286. The highest BCUT2D eigenvalue weighted by Gasteiger charge is 2.24. The number of hydrogen-bond donors (Lipinski definition) is 1. The Morgan fingerprint density at radius 2 is 1.88 bits per heavy atom. The predicted molar refractivity (Wildman–Crippen MR) is 96.5 cm³/mol. The Hall–Kier alpha value is -2.84. The lowest BCUT2D eigenvalue weighted by Crippen LogP contribution is -2.42. The van der Waals surface area contributed by atoms with E-state index in [1.54, 1.807) is 25.3 Å². The standard InChI is InChI=1S/C21H20FNO3/c1-26-18-9-6-15(7-10-18)4-5-16-8-11-19(20(22)13-16)21(25)23-12-2-3-17(24)14-23/h6-11,13,17,24H,2-3,12,14H2,1H3. The van der Waals surface area contributed by atoms with Crippen molar-refractivity contribution in [2.75, 3.05) is 20.2 Å². The monoisotopic (exact) mass is 353 g/mol. The van der Waals surface area contributed by atoms with Crippen molar-refractivity contribution in [3.8, 4) is 17.6 Å². The molecule has 1 saturated heterocycles. The van der Waals surface area contributed by atoms with Crippen molar-refractivity contribution in [2.45, 2.75) is 18.9 Å². The van der Waals surface area contributed by atoms with Crippen LogP contribution in [0, 0.1) is 17.7 Å². The molecule has 26 heavy (non-hydrogen) atoms. The van der Waals surface area contributed by atoms with E-state index in [1.807, 2.05) is 12.1 Å². The van der Waals surface area contributed by atoms with E-state index in [4.69, 9.17) is 4.74 Å². The van der Waals surface area contributed by atoms with E-state index in [1.165, 1.54) is 17.0 Å². The lowest BCUT2D eigenvalue weighted by Gasteiger charge is -2.30. The molecule has 0 saturated carbocycles. The number of amides is 1. The van der Waals surface area contributed by atoms with Gasteiger partial charge < -0.3 is 14.7 Å². The number of β-amino-alcohol motifs (C(OH)–C–C–N with tert-alkyl or cyclic N) is 1. The van der Waals surface area contributed by atoms with Gasteiger partial charge in [-0.25, -0.2) is 4.39 Å². The molecule has 2 aromatic rings. The minimum Gasteiger partial charge on any atom is -0.497 e.